The zero-order valence-corrected chi connectivity index (χ0v) is 11.4. The Balaban J connectivity index is 2.22. The van der Waals surface area contributed by atoms with Gasteiger partial charge in [0.05, 0.1) is 0 Å². The summed E-state index contributed by atoms with van der Waals surface area (Å²) in [5.74, 6) is 0.650. The minimum absolute atomic E-state index is 0.199. The minimum Gasteiger partial charge on any atom is -0.356 e. The molecule has 0 aromatic carbocycles. The molecule has 0 spiro atoms. The highest BCUT2D eigenvalue weighted by Crippen LogP contribution is 2.40. The number of nitrogens with one attached hydrogen (secondary N) is 1. The normalized spacial score (nSPS) is 20.2. The summed E-state index contributed by atoms with van der Waals surface area (Å²) in [5.41, 5.74) is 5.94. The summed E-state index contributed by atoms with van der Waals surface area (Å²) in [4.78, 5) is 11.7. The maximum atomic E-state index is 11.7. The Hall–Kier alpha value is -0.570. The molecule has 3 N–H and O–H groups in total. The fraction of sp³-hybridized carbons (Fsp3) is 0.929. The van der Waals surface area contributed by atoms with E-state index in [1.165, 1.54) is 32.1 Å². The maximum Gasteiger partial charge on any atom is 0.220 e. The van der Waals surface area contributed by atoms with Crippen LogP contribution in [0.5, 0.6) is 0 Å². The molecule has 17 heavy (non-hydrogen) atoms. The summed E-state index contributed by atoms with van der Waals surface area (Å²) in [7, 11) is 0. The van der Waals surface area contributed by atoms with Gasteiger partial charge in [-0.25, -0.2) is 0 Å². The van der Waals surface area contributed by atoms with Gasteiger partial charge in [-0.05, 0) is 43.6 Å². The lowest BCUT2D eigenvalue weighted by atomic mass is 9.83. The van der Waals surface area contributed by atoms with E-state index < -0.39 is 0 Å². The molecular weight excluding hydrogens is 212 g/mol. The molecule has 0 aromatic heterocycles. The van der Waals surface area contributed by atoms with Gasteiger partial charge in [0.25, 0.3) is 0 Å². The quantitative estimate of drug-likeness (QED) is 0.718. The summed E-state index contributed by atoms with van der Waals surface area (Å²) in [6.07, 6.45) is 7.93. The molecule has 1 aliphatic rings. The van der Waals surface area contributed by atoms with Gasteiger partial charge in [0.1, 0.15) is 0 Å². The fourth-order valence-corrected chi connectivity index (χ4v) is 2.65. The summed E-state index contributed by atoms with van der Waals surface area (Å²) < 4.78 is 0. The van der Waals surface area contributed by atoms with E-state index in [0.717, 1.165) is 13.0 Å². The van der Waals surface area contributed by atoms with E-state index in [0.29, 0.717) is 24.3 Å². The first kappa shape index (κ1) is 14.5. The Bertz CT molecular complexity index is 234. The van der Waals surface area contributed by atoms with Crippen LogP contribution in [0.25, 0.3) is 0 Å². The van der Waals surface area contributed by atoms with E-state index in [9.17, 15) is 4.79 Å². The Morgan fingerprint density at radius 3 is 2.59 bits per heavy atom. The Morgan fingerprint density at radius 1 is 1.41 bits per heavy atom. The van der Waals surface area contributed by atoms with Crippen molar-refractivity contribution in [3.05, 3.63) is 0 Å². The third-order valence-corrected chi connectivity index (χ3v) is 4.34. The molecule has 0 saturated heterocycles. The van der Waals surface area contributed by atoms with Gasteiger partial charge in [-0.15, -0.1) is 0 Å². The van der Waals surface area contributed by atoms with Crippen LogP contribution in [0, 0.1) is 11.3 Å². The average molecular weight is 240 g/mol. The number of hydrogen-bond donors (Lipinski definition) is 2. The highest BCUT2D eigenvalue weighted by molar-refractivity contribution is 5.75. The van der Waals surface area contributed by atoms with Crippen LogP contribution in [0.15, 0.2) is 0 Å². The van der Waals surface area contributed by atoms with Crippen LogP contribution in [-0.2, 0) is 4.79 Å². The third kappa shape index (κ3) is 4.66. The van der Waals surface area contributed by atoms with Crippen LogP contribution >= 0.6 is 0 Å². The van der Waals surface area contributed by atoms with Crippen molar-refractivity contribution in [1.29, 1.82) is 0 Å². The average Bonchev–Trinajstić information content (AvgIpc) is 2.82. The molecule has 0 aliphatic heterocycles. The Kier molecular flexibility index (Phi) is 5.96. The number of nitrogens with two attached hydrogens (primary N) is 1. The van der Waals surface area contributed by atoms with Gasteiger partial charge in [-0.2, -0.15) is 0 Å². The first-order valence-corrected chi connectivity index (χ1v) is 7.08. The van der Waals surface area contributed by atoms with Crippen molar-refractivity contribution in [2.75, 3.05) is 13.1 Å². The van der Waals surface area contributed by atoms with Gasteiger partial charge < -0.3 is 11.1 Å². The van der Waals surface area contributed by atoms with Crippen molar-refractivity contribution in [3.63, 3.8) is 0 Å². The molecule has 1 rings (SSSR count). The minimum atomic E-state index is 0.199. The molecule has 1 aliphatic carbocycles. The van der Waals surface area contributed by atoms with Gasteiger partial charge in [0, 0.05) is 13.0 Å². The smallest absolute Gasteiger partial charge is 0.220 e. The largest absolute Gasteiger partial charge is 0.356 e. The predicted molar refractivity (Wildman–Crippen MR) is 71.7 cm³/mol. The second-order valence-corrected chi connectivity index (χ2v) is 5.72. The standard InChI is InChI=1S/C14H28N2O/c1-3-14(8-4-5-9-14)11-16-13(17)7-6-12(2)10-15/h12H,3-11,15H2,1-2H3,(H,16,17). The van der Waals surface area contributed by atoms with Crippen LogP contribution in [0.3, 0.4) is 0 Å². The van der Waals surface area contributed by atoms with Crippen molar-refractivity contribution in [3.8, 4) is 0 Å². The topological polar surface area (TPSA) is 55.1 Å². The SMILES string of the molecule is CCC1(CNC(=O)CCC(C)CN)CCCC1. The Labute approximate surface area is 106 Å². The van der Waals surface area contributed by atoms with Crippen molar-refractivity contribution in [1.82, 2.24) is 5.32 Å². The van der Waals surface area contributed by atoms with Crippen LogP contribution < -0.4 is 11.1 Å². The van der Waals surface area contributed by atoms with Crippen LogP contribution in [0.2, 0.25) is 0 Å². The number of carbonyl (C=O) groups excluding carboxylic acids is 1. The van der Waals surface area contributed by atoms with Crippen molar-refractivity contribution >= 4 is 5.91 Å². The second kappa shape index (κ2) is 7.00. The van der Waals surface area contributed by atoms with Crippen LogP contribution in [0.1, 0.15) is 58.8 Å². The lowest BCUT2D eigenvalue weighted by Gasteiger charge is -2.27. The molecule has 100 valence electrons. The first-order valence-electron chi connectivity index (χ1n) is 7.08. The summed E-state index contributed by atoms with van der Waals surface area (Å²) in [6.45, 7) is 5.89. The molecule has 1 amide bonds. The van der Waals surface area contributed by atoms with E-state index in [1.54, 1.807) is 0 Å². The van der Waals surface area contributed by atoms with Crippen LogP contribution in [0.4, 0.5) is 0 Å². The van der Waals surface area contributed by atoms with Gasteiger partial charge >= 0.3 is 0 Å². The zero-order valence-electron chi connectivity index (χ0n) is 11.4. The molecule has 1 unspecified atom stereocenters. The van der Waals surface area contributed by atoms with Gasteiger partial charge in [0.15, 0.2) is 0 Å². The van der Waals surface area contributed by atoms with Crippen LogP contribution in [-0.4, -0.2) is 19.0 Å². The van der Waals surface area contributed by atoms with Crippen molar-refractivity contribution < 1.29 is 4.79 Å². The Morgan fingerprint density at radius 2 is 2.06 bits per heavy atom. The molecule has 0 bridgehead atoms. The van der Waals surface area contributed by atoms with Gasteiger partial charge in [-0.1, -0.05) is 26.7 Å². The first-order chi connectivity index (χ1) is 8.12. The second-order valence-electron chi connectivity index (χ2n) is 5.72. The van der Waals surface area contributed by atoms with Crippen molar-refractivity contribution in [2.24, 2.45) is 17.1 Å². The van der Waals surface area contributed by atoms with E-state index >= 15 is 0 Å². The molecule has 1 fully saturated rings. The molecule has 0 heterocycles. The maximum absolute atomic E-state index is 11.7. The highest BCUT2D eigenvalue weighted by atomic mass is 16.1. The van der Waals surface area contributed by atoms with Gasteiger partial charge in [-0.3, -0.25) is 4.79 Å². The van der Waals surface area contributed by atoms with E-state index in [2.05, 4.69) is 19.2 Å². The number of hydrogen-bond acceptors (Lipinski definition) is 2. The molecule has 1 saturated carbocycles. The third-order valence-electron chi connectivity index (χ3n) is 4.34. The molecule has 0 aromatic rings. The molecular formula is C14H28N2O. The summed E-state index contributed by atoms with van der Waals surface area (Å²) >= 11 is 0. The summed E-state index contributed by atoms with van der Waals surface area (Å²) in [6, 6.07) is 0. The van der Waals surface area contributed by atoms with Gasteiger partial charge in [0.2, 0.25) is 5.91 Å². The zero-order chi connectivity index (χ0) is 12.7. The lowest BCUT2D eigenvalue weighted by molar-refractivity contribution is -0.121. The number of amides is 1. The van der Waals surface area contributed by atoms with E-state index in [-0.39, 0.29) is 5.91 Å². The molecule has 1 atom stereocenters. The predicted octanol–water partition coefficient (Wildman–Crippen LogP) is 2.45. The molecule has 0 radical (unpaired) electrons. The monoisotopic (exact) mass is 240 g/mol. The van der Waals surface area contributed by atoms with Crippen molar-refractivity contribution in [2.45, 2.75) is 58.8 Å². The number of carbonyl (C=O) groups is 1. The highest BCUT2D eigenvalue weighted by Gasteiger charge is 2.31. The van der Waals surface area contributed by atoms with E-state index in [4.69, 9.17) is 5.73 Å². The molecule has 3 nitrogen and oxygen atoms in total. The fourth-order valence-electron chi connectivity index (χ4n) is 2.65. The number of rotatable bonds is 7. The lowest BCUT2D eigenvalue weighted by Crippen LogP contribution is -2.35. The van der Waals surface area contributed by atoms with E-state index in [1.807, 2.05) is 0 Å². The summed E-state index contributed by atoms with van der Waals surface area (Å²) in [5, 5.41) is 3.12. The molecule has 3 heteroatoms.